The molecule has 2 aromatic rings. The Hall–Kier alpha value is -2.18. The average Bonchev–Trinajstić information content (AvgIpc) is 2.73. The van der Waals surface area contributed by atoms with Crippen LogP contribution in [0.15, 0.2) is 35.1 Å². The molecule has 0 atom stereocenters. The van der Waals surface area contributed by atoms with Crippen molar-refractivity contribution in [3.05, 3.63) is 46.4 Å². The topological polar surface area (TPSA) is 74.4 Å². The van der Waals surface area contributed by atoms with Crippen molar-refractivity contribution in [2.24, 2.45) is 0 Å². The van der Waals surface area contributed by atoms with Gasteiger partial charge in [-0.05, 0) is 56.3 Å². The van der Waals surface area contributed by atoms with E-state index in [4.69, 9.17) is 4.74 Å². The minimum Gasteiger partial charge on any atom is -0.381 e. The van der Waals surface area contributed by atoms with E-state index in [2.05, 4.69) is 15.2 Å². The van der Waals surface area contributed by atoms with Gasteiger partial charge in [-0.25, -0.2) is 0 Å². The summed E-state index contributed by atoms with van der Waals surface area (Å²) in [6.07, 6.45) is 5.58. The number of aromatic nitrogens is 1. The van der Waals surface area contributed by atoms with Crippen LogP contribution in [0.25, 0.3) is 10.8 Å². The monoisotopic (exact) mass is 369 g/mol. The summed E-state index contributed by atoms with van der Waals surface area (Å²) in [7, 11) is 0. The van der Waals surface area contributed by atoms with Gasteiger partial charge < -0.3 is 15.0 Å². The highest BCUT2D eigenvalue weighted by molar-refractivity contribution is 5.96. The number of nitrogens with zero attached hydrogens (tertiary/aromatic N) is 1. The van der Waals surface area contributed by atoms with E-state index in [9.17, 15) is 9.59 Å². The maximum absolute atomic E-state index is 12.8. The predicted octanol–water partition coefficient (Wildman–Crippen LogP) is 2.29. The maximum Gasteiger partial charge on any atom is 0.267 e. The molecule has 1 amide bonds. The Morgan fingerprint density at radius 1 is 1.15 bits per heavy atom. The zero-order valence-corrected chi connectivity index (χ0v) is 15.6. The molecule has 1 aromatic heterocycles. The number of likely N-dealkylation sites (tertiary alicyclic amines) is 1. The number of rotatable bonds is 4. The summed E-state index contributed by atoms with van der Waals surface area (Å²) in [6.45, 7) is 4.23. The highest BCUT2D eigenvalue weighted by Crippen LogP contribution is 2.30. The van der Waals surface area contributed by atoms with Gasteiger partial charge >= 0.3 is 0 Å². The summed E-state index contributed by atoms with van der Waals surface area (Å²) in [5.74, 6) is -0.222. The zero-order chi connectivity index (χ0) is 18.7. The van der Waals surface area contributed by atoms with Gasteiger partial charge in [0.15, 0.2) is 0 Å². The lowest BCUT2D eigenvalue weighted by molar-refractivity contribution is -0.0349. The number of nitrogens with one attached hydrogen (secondary N) is 2. The number of carbonyl (C=O) groups excluding carboxylic acids is 1. The molecule has 2 fully saturated rings. The third kappa shape index (κ3) is 3.77. The number of H-pyrrole nitrogens is 1. The zero-order valence-electron chi connectivity index (χ0n) is 15.6. The summed E-state index contributed by atoms with van der Waals surface area (Å²) < 4.78 is 5.58. The van der Waals surface area contributed by atoms with Crippen LogP contribution in [0, 0.1) is 0 Å². The number of piperidine rings is 1. The molecule has 0 aliphatic carbocycles. The fourth-order valence-electron chi connectivity index (χ4n) is 4.40. The summed E-state index contributed by atoms with van der Waals surface area (Å²) >= 11 is 0. The van der Waals surface area contributed by atoms with E-state index in [1.807, 2.05) is 18.2 Å². The van der Waals surface area contributed by atoms with Crippen molar-refractivity contribution >= 4 is 16.7 Å². The van der Waals surface area contributed by atoms with Crippen LogP contribution in [0.2, 0.25) is 0 Å². The Bertz CT molecular complexity index is 864. The van der Waals surface area contributed by atoms with Gasteiger partial charge in [-0.15, -0.1) is 0 Å². The standard InChI is InChI=1S/C21H27N3O3/c25-19-17-7-3-2-6-16(17)14-18(23-19)20(26)22-15-21(8-12-27-13-9-21)24-10-4-1-5-11-24/h2-3,6-7,14H,1,4-5,8-13,15H2,(H,22,26)(H,23,25). The molecular formula is C21H27N3O3. The highest BCUT2D eigenvalue weighted by Gasteiger charge is 2.39. The number of amides is 1. The molecule has 3 heterocycles. The van der Waals surface area contributed by atoms with Crippen LogP contribution in [-0.2, 0) is 4.74 Å². The van der Waals surface area contributed by atoms with Crippen molar-refractivity contribution in [2.45, 2.75) is 37.6 Å². The van der Waals surface area contributed by atoms with Crippen molar-refractivity contribution in [1.29, 1.82) is 0 Å². The fraction of sp³-hybridized carbons (Fsp3) is 0.524. The minimum atomic E-state index is -0.227. The van der Waals surface area contributed by atoms with Crippen molar-refractivity contribution in [1.82, 2.24) is 15.2 Å². The molecule has 1 aromatic carbocycles. The second-order valence-electron chi connectivity index (χ2n) is 7.67. The van der Waals surface area contributed by atoms with E-state index >= 15 is 0 Å². The van der Waals surface area contributed by atoms with E-state index in [1.165, 1.54) is 19.3 Å². The highest BCUT2D eigenvalue weighted by atomic mass is 16.5. The molecule has 0 saturated carbocycles. The molecule has 0 bridgehead atoms. The third-order valence-electron chi connectivity index (χ3n) is 6.03. The van der Waals surface area contributed by atoms with E-state index < -0.39 is 0 Å². The number of pyridine rings is 1. The van der Waals surface area contributed by atoms with Gasteiger partial charge in [-0.3, -0.25) is 14.5 Å². The van der Waals surface area contributed by atoms with Crippen LogP contribution in [0.3, 0.4) is 0 Å². The van der Waals surface area contributed by atoms with Crippen LogP contribution in [0.1, 0.15) is 42.6 Å². The molecule has 2 aliphatic heterocycles. The average molecular weight is 369 g/mol. The smallest absolute Gasteiger partial charge is 0.267 e. The van der Waals surface area contributed by atoms with Crippen LogP contribution in [0.4, 0.5) is 0 Å². The Kier molecular flexibility index (Phi) is 5.27. The molecule has 6 heteroatoms. The molecule has 4 rings (SSSR count). The van der Waals surface area contributed by atoms with Crippen molar-refractivity contribution in [2.75, 3.05) is 32.8 Å². The predicted molar refractivity (Wildman–Crippen MR) is 105 cm³/mol. The molecule has 0 unspecified atom stereocenters. The van der Waals surface area contributed by atoms with Gasteiger partial charge in [0.25, 0.3) is 11.5 Å². The number of hydrogen-bond acceptors (Lipinski definition) is 4. The molecule has 144 valence electrons. The van der Waals surface area contributed by atoms with Gasteiger partial charge in [0.05, 0.1) is 0 Å². The third-order valence-corrected chi connectivity index (χ3v) is 6.03. The van der Waals surface area contributed by atoms with Gasteiger partial charge in [0.1, 0.15) is 5.69 Å². The Balaban J connectivity index is 1.52. The Morgan fingerprint density at radius 2 is 1.89 bits per heavy atom. The fourth-order valence-corrected chi connectivity index (χ4v) is 4.40. The first-order chi connectivity index (χ1) is 13.2. The lowest BCUT2D eigenvalue weighted by atomic mass is 9.86. The van der Waals surface area contributed by atoms with Gasteiger partial charge in [-0.2, -0.15) is 0 Å². The number of hydrogen-bond donors (Lipinski definition) is 2. The Labute approximate surface area is 158 Å². The first-order valence-corrected chi connectivity index (χ1v) is 9.91. The molecular weight excluding hydrogens is 342 g/mol. The SMILES string of the molecule is O=C(NCC1(N2CCCCC2)CCOCC1)c1cc2ccccc2c(=O)[nH]1. The van der Waals surface area contributed by atoms with Gasteiger partial charge in [-0.1, -0.05) is 24.6 Å². The van der Waals surface area contributed by atoms with Gasteiger partial charge in [0.2, 0.25) is 0 Å². The first kappa shape index (κ1) is 18.2. The molecule has 0 radical (unpaired) electrons. The van der Waals surface area contributed by atoms with Crippen LogP contribution in [0.5, 0.6) is 0 Å². The second-order valence-corrected chi connectivity index (χ2v) is 7.67. The largest absolute Gasteiger partial charge is 0.381 e. The summed E-state index contributed by atoms with van der Waals surface area (Å²) in [4.78, 5) is 30.3. The molecule has 2 N–H and O–H groups in total. The van der Waals surface area contributed by atoms with Crippen molar-refractivity contribution in [3.8, 4) is 0 Å². The van der Waals surface area contributed by atoms with E-state index in [0.29, 0.717) is 17.6 Å². The molecule has 2 saturated heterocycles. The molecule has 6 nitrogen and oxygen atoms in total. The van der Waals surface area contributed by atoms with Gasteiger partial charge in [0, 0.05) is 30.7 Å². The van der Waals surface area contributed by atoms with E-state index in [1.54, 1.807) is 12.1 Å². The number of benzene rings is 1. The quantitative estimate of drug-likeness (QED) is 0.867. The summed E-state index contributed by atoms with van der Waals surface area (Å²) in [5.41, 5.74) is 0.0560. The summed E-state index contributed by atoms with van der Waals surface area (Å²) in [5, 5.41) is 4.47. The Morgan fingerprint density at radius 3 is 2.67 bits per heavy atom. The summed E-state index contributed by atoms with van der Waals surface area (Å²) in [6, 6.07) is 9.07. The second kappa shape index (κ2) is 7.82. The van der Waals surface area contributed by atoms with Crippen LogP contribution < -0.4 is 10.9 Å². The van der Waals surface area contributed by atoms with E-state index in [0.717, 1.165) is 44.5 Å². The van der Waals surface area contributed by atoms with E-state index in [-0.39, 0.29) is 17.0 Å². The molecule has 27 heavy (non-hydrogen) atoms. The number of carbonyl (C=O) groups is 1. The number of fused-ring (bicyclic) bond motifs is 1. The lowest BCUT2D eigenvalue weighted by Gasteiger charge is -2.48. The van der Waals surface area contributed by atoms with Crippen molar-refractivity contribution in [3.63, 3.8) is 0 Å². The number of aromatic amines is 1. The normalized spacial score (nSPS) is 20.4. The molecule has 0 spiro atoms. The maximum atomic E-state index is 12.8. The number of ether oxygens (including phenoxy) is 1. The minimum absolute atomic E-state index is 0.0362. The van der Waals surface area contributed by atoms with Crippen molar-refractivity contribution < 1.29 is 9.53 Å². The first-order valence-electron chi connectivity index (χ1n) is 9.91. The lowest BCUT2D eigenvalue weighted by Crippen LogP contribution is -2.59. The van der Waals surface area contributed by atoms with Crippen LogP contribution >= 0.6 is 0 Å². The molecule has 2 aliphatic rings. The van der Waals surface area contributed by atoms with Crippen LogP contribution in [-0.4, -0.2) is 54.2 Å².